The van der Waals surface area contributed by atoms with Crippen LogP contribution in [0.5, 0.6) is 5.75 Å². The van der Waals surface area contributed by atoms with E-state index in [2.05, 4.69) is 4.74 Å². The van der Waals surface area contributed by atoms with Gasteiger partial charge in [-0.2, -0.15) is 0 Å². The minimum absolute atomic E-state index is 0.512. The summed E-state index contributed by atoms with van der Waals surface area (Å²) < 4.78 is 66.3. The molecule has 0 spiro atoms. The van der Waals surface area contributed by atoms with Gasteiger partial charge in [0.2, 0.25) is 10.0 Å². The molecule has 0 saturated carbocycles. The maximum atomic E-state index is 12.2. The number of hydrogen-bond donors (Lipinski definition) is 2. The molecule has 0 fully saturated rings. The molecule has 1 rings (SSSR count). The van der Waals surface area contributed by atoms with E-state index in [1.165, 1.54) is 19.1 Å². The number of aliphatic carboxylic acids is 1. The normalized spacial score (nSPS) is 13.7. The molecule has 10 heteroatoms. The first-order valence-electron chi connectivity index (χ1n) is 5.60. The molecule has 118 valence electrons. The number of carbonyl (C=O) groups is 1. The highest BCUT2D eigenvalue weighted by atomic mass is 32.2. The van der Waals surface area contributed by atoms with Gasteiger partial charge in [0.15, 0.2) is 0 Å². The summed E-state index contributed by atoms with van der Waals surface area (Å²) in [7, 11) is -4.35. The average molecular weight is 327 g/mol. The van der Waals surface area contributed by atoms with E-state index in [1.54, 1.807) is 0 Å². The van der Waals surface area contributed by atoms with Gasteiger partial charge in [-0.25, -0.2) is 13.1 Å². The average Bonchev–Trinajstić information content (AvgIpc) is 2.24. The number of nitrogens with one attached hydrogen (secondary N) is 1. The highest BCUT2D eigenvalue weighted by Gasteiger charge is 2.34. The predicted molar refractivity (Wildman–Crippen MR) is 65.2 cm³/mol. The molecule has 0 aliphatic carbocycles. The van der Waals surface area contributed by atoms with E-state index in [0.29, 0.717) is 0 Å². The number of carboxylic acids is 1. The molecule has 1 aromatic carbocycles. The van der Waals surface area contributed by atoms with Crippen molar-refractivity contribution in [1.82, 2.24) is 4.72 Å². The molecule has 6 nitrogen and oxygen atoms in total. The number of carboxylic acid groups (broad SMARTS) is 1. The Labute approximate surface area is 118 Å². The lowest BCUT2D eigenvalue weighted by molar-refractivity contribution is -0.275. The Kier molecular flexibility index (Phi) is 5.18. The molecule has 0 aliphatic heterocycles. The van der Waals surface area contributed by atoms with Crippen molar-refractivity contribution in [1.29, 1.82) is 0 Å². The summed E-state index contributed by atoms with van der Waals surface area (Å²) in [4.78, 5) is 9.76. The zero-order valence-electron chi connectivity index (χ0n) is 10.7. The van der Waals surface area contributed by atoms with Gasteiger partial charge in [0.1, 0.15) is 10.6 Å². The minimum Gasteiger partial charge on any atom is -0.481 e. The number of para-hydroxylation sites is 1. The highest BCUT2D eigenvalue weighted by molar-refractivity contribution is 7.89. The smallest absolute Gasteiger partial charge is 0.481 e. The van der Waals surface area contributed by atoms with Crippen LogP contribution in [0.4, 0.5) is 13.2 Å². The van der Waals surface area contributed by atoms with E-state index in [9.17, 15) is 26.4 Å². The van der Waals surface area contributed by atoms with Gasteiger partial charge in [-0.15, -0.1) is 13.2 Å². The third-order valence-electron chi connectivity index (χ3n) is 2.20. The Hall–Kier alpha value is -1.81. The largest absolute Gasteiger partial charge is 0.573 e. The lowest BCUT2D eigenvalue weighted by Crippen LogP contribution is -2.34. The summed E-state index contributed by atoms with van der Waals surface area (Å²) >= 11 is 0. The first kappa shape index (κ1) is 17.2. The van der Waals surface area contributed by atoms with Crippen molar-refractivity contribution in [2.45, 2.75) is 30.6 Å². The molecule has 0 heterocycles. The van der Waals surface area contributed by atoms with Crippen LogP contribution < -0.4 is 9.46 Å². The van der Waals surface area contributed by atoms with Crippen molar-refractivity contribution >= 4 is 16.0 Å². The lowest BCUT2D eigenvalue weighted by Gasteiger charge is -2.16. The third kappa shape index (κ3) is 5.60. The quantitative estimate of drug-likeness (QED) is 0.830. The van der Waals surface area contributed by atoms with Gasteiger partial charge in [0.05, 0.1) is 6.42 Å². The second-order valence-electron chi connectivity index (χ2n) is 4.11. The van der Waals surface area contributed by atoms with E-state index in [4.69, 9.17) is 5.11 Å². The van der Waals surface area contributed by atoms with Gasteiger partial charge in [0.25, 0.3) is 0 Å². The van der Waals surface area contributed by atoms with E-state index in [-0.39, 0.29) is 0 Å². The SMILES string of the molecule is CC(CC(=O)O)NS(=O)(=O)c1ccccc1OC(F)(F)F. The Bertz CT molecular complexity index is 615. The molecule has 21 heavy (non-hydrogen) atoms. The standard InChI is InChI=1S/C11H12F3NO5S/c1-7(6-10(16)17)15-21(18,19)9-5-3-2-4-8(9)20-11(12,13)14/h2-5,7,15H,6H2,1H3,(H,16,17). The van der Waals surface area contributed by atoms with Crippen molar-refractivity contribution in [3.8, 4) is 5.75 Å². The molecule has 1 atom stereocenters. The van der Waals surface area contributed by atoms with Gasteiger partial charge in [-0.3, -0.25) is 4.79 Å². The van der Waals surface area contributed by atoms with Crippen molar-refractivity contribution < 1.29 is 36.2 Å². The molecule has 0 aromatic heterocycles. The summed E-state index contributed by atoms with van der Waals surface area (Å²) in [6, 6.07) is 3.19. The fourth-order valence-corrected chi connectivity index (χ4v) is 2.89. The number of alkyl halides is 3. The number of halogens is 3. The summed E-state index contributed by atoms with van der Waals surface area (Å²) in [6.07, 6.45) is -5.56. The number of ether oxygens (including phenoxy) is 1. The molecule has 0 aliphatic rings. The highest BCUT2D eigenvalue weighted by Crippen LogP contribution is 2.29. The number of benzene rings is 1. The topological polar surface area (TPSA) is 92.7 Å². The monoisotopic (exact) mass is 327 g/mol. The van der Waals surface area contributed by atoms with Crippen LogP contribution in [-0.2, 0) is 14.8 Å². The van der Waals surface area contributed by atoms with Gasteiger partial charge >= 0.3 is 12.3 Å². The van der Waals surface area contributed by atoms with Crippen molar-refractivity contribution in [2.75, 3.05) is 0 Å². The fourth-order valence-electron chi connectivity index (χ4n) is 1.51. The molecule has 0 radical (unpaired) electrons. The van der Waals surface area contributed by atoms with Crippen LogP contribution >= 0.6 is 0 Å². The van der Waals surface area contributed by atoms with Crippen molar-refractivity contribution in [3.63, 3.8) is 0 Å². The summed E-state index contributed by atoms with van der Waals surface area (Å²) in [6.45, 7) is 1.28. The van der Waals surface area contributed by atoms with Crippen LogP contribution in [-0.4, -0.2) is 31.9 Å². The zero-order valence-corrected chi connectivity index (χ0v) is 11.5. The Morgan fingerprint density at radius 1 is 1.38 bits per heavy atom. The summed E-state index contributed by atoms with van der Waals surface area (Å²) in [5.74, 6) is -2.13. The van der Waals surface area contributed by atoms with Gasteiger partial charge in [0, 0.05) is 6.04 Å². The molecule has 2 N–H and O–H groups in total. The first-order chi connectivity index (χ1) is 9.51. The fraction of sp³-hybridized carbons (Fsp3) is 0.364. The third-order valence-corrected chi connectivity index (χ3v) is 3.83. The van der Waals surface area contributed by atoms with Crippen LogP contribution in [0.25, 0.3) is 0 Å². The Balaban J connectivity index is 3.06. The minimum atomic E-state index is -5.04. The van der Waals surface area contributed by atoms with Crippen LogP contribution in [0.1, 0.15) is 13.3 Å². The Morgan fingerprint density at radius 2 is 1.95 bits per heavy atom. The van der Waals surface area contributed by atoms with E-state index < -0.39 is 45.5 Å². The first-order valence-corrected chi connectivity index (χ1v) is 7.08. The summed E-state index contributed by atoms with van der Waals surface area (Å²) in [5.41, 5.74) is 0. The van der Waals surface area contributed by atoms with Crippen LogP contribution in [0.2, 0.25) is 0 Å². The molecule has 0 amide bonds. The zero-order chi connectivity index (χ0) is 16.3. The lowest BCUT2D eigenvalue weighted by atomic mass is 10.3. The van der Waals surface area contributed by atoms with Gasteiger partial charge in [-0.1, -0.05) is 12.1 Å². The number of rotatable bonds is 6. The maximum Gasteiger partial charge on any atom is 0.573 e. The van der Waals surface area contributed by atoms with Crippen LogP contribution in [0, 0.1) is 0 Å². The molecule has 1 aromatic rings. The number of sulfonamides is 1. The van der Waals surface area contributed by atoms with E-state index in [0.717, 1.165) is 12.1 Å². The van der Waals surface area contributed by atoms with Gasteiger partial charge in [-0.05, 0) is 19.1 Å². The summed E-state index contributed by atoms with van der Waals surface area (Å²) in [5, 5.41) is 8.55. The van der Waals surface area contributed by atoms with E-state index >= 15 is 0 Å². The molecular formula is C11H12F3NO5S. The van der Waals surface area contributed by atoms with Crippen molar-refractivity contribution in [3.05, 3.63) is 24.3 Å². The van der Waals surface area contributed by atoms with Crippen molar-refractivity contribution in [2.24, 2.45) is 0 Å². The predicted octanol–water partition coefficient (Wildman–Crippen LogP) is 1.73. The van der Waals surface area contributed by atoms with E-state index in [1.807, 2.05) is 4.72 Å². The molecule has 0 bridgehead atoms. The Morgan fingerprint density at radius 3 is 2.48 bits per heavy atom. The number of hydrogen-bond acceptors (Lipinski definition) is 4. The second kappa shape index (κ2) is 6.31. The van der Waals surface area contributed by atoms with Crippen LogP contribution in [0.15, 0.2) is 29.2 Å². The van der Waals surface area contributed by atoms with Gasteiger partial charge < -0.3 is 9.84 Å². The molecule has 1 unspecified atom stereocenters. The molecule has 0 saturated heterocycles. The second-order valence-corrected chi connectivity index (χ2v) is 5.80. The maximum absolute atomic E-state index is 12.2. The van der Waals surface area contributed by atoms with Crippen LogP contribution in [0.3, 0.4) is 0 Å². The molecular weight excluding hydrogens is 315 g/mol.